The monoisotopic (exact) mass is 237 g/mol. The van der Waals surface area contributed by atoms with E-state index in [1.54, 1.807) is 12.1 Å². The van der Waals surface area contributed by atoms with Gasteiger partial charge in [0, 0.05) is 6.04 Å². The van der Waals surface area contributed by atoms with E-state index < -0.39 is 0 Å². The number of ether oxygens (including phenoxy) is 1. The van der Waals surface area contributed by atoms with Crippen LogP contribution in [0, 0.1) is 5.82 Å². The first-order valence-electron chi connectivity index (χ1n) is 6.31. The molecule has 2 atom stereocenters. The molecule has 0 bridgehead atoms. The molecule has 1 N–H and O–H groups in total. The second-order valence-electron chi connectivity index (χ2n) is 4.66. The summed E-state index contributed by atoms with van der Waals surface area (Å²) in [4.78, 5) is 0. The molecular weight excluding hydrogens is 217 g/mol. The molecule has 1 aliphatic rings. The number of hydrogen-bond donors (Lipinski definition) is 1. The maximum Gasteiger partial charge on any atom is 0.165 e. The Morgan fingerprint density at radius 3 is 2.88 bits per heavy atom. The normalized spacial score (nSPS) is 23.9. The predicted octanol–water partition coefficient (Wildman–Crippen LogP) is 3.08. The zero-order chi connectivity index (χ0) is 12.3. The molecule has 2 unspecified atom stereocenters. The average Bonchev–Trinajstić information content (AvgIpc) is 2.78. The summed E-state index contributed by atoms with van der Waals surface area (Å²) in [6.07, 6.45) is 3.44. The highest BCUT2D eigenvalue weighted by atomic mass is 19.1. The third kappa shape index (κ3) is 2.78. The fraction of sp³-hybridized carbons (Fsp3) is 0.571. The van der Waals surface area contributed by atoms with E-state index in [1.807, 2.05) is 6.07 Å². The van der Waals surface area contributed by atoms with Gasteiger partial charge in [-0.1, -0.05) is 13.0 Å². The van der Waals surface area contributed by atoms with Crippen LogP contribution in [0.5, 0.6) is 5.75 Å². The molecular formula is C14H20FNO. The largest absolute Gasteiger partial charge is 0.494 e. The van der Waals surface area contributed by atoms with E-state index in [0.717, 1.165) is 24.9 Å². The molecule has 0 spiro atoms. The molecule has 17 heavy (non-hydrogen) atoms. The fourth-order valence-corrected chi connectivity index (χ4v) is 2.69. The molecule has 0 heterocycles. The van der Waals surface area contributed by atoms with Crippen LogP contribution >= 0.6 is 0 Å². The van der Waals surface area contributed by atoms with Gasteiger partial charge in [-0.15, -0.1) is 0 Å². The molecule has 3 heteroatoms. The number of benzene rings is 1. The highest BCUT2D eigenvalue weighted by Crippen LogP contribution is 2.35. The van der Waals surface area contributed by atoms with Crippen molar-refractivity contribution in [1.82, 2.24) is 5.32 Å². The topological polar surface area (TPSA) is 21.3 Å². The summed E-state index contributed by atoms with van der Waals surface area (Å²) in [5, 5.41) is 3.46. The molecule has 94 valence electrons. The van der Waals surface area contributed by atoms with Gasteiger partial charge in [0.1, 0.15) is 0 Å². The molecule has 0 aliphatic heterocycles. The third-order valence-corrected chi connectivity index (χ3v) is 3.57. The van der Waals surface area contributed by atoms with Crippen LogP contribution in [0.3, 0.4) is 0 Å². The molecule has 1 aliphatic carbocycles. The molecule has 2 nitrogen and oxygen atoms in total. The van der Waals surface area contributed by atoms with Gasteiger partial charge in [0.25, 0.3) is 0 Å². The van der Waals surface area contributed by atoms with E-state index in [0.29, 0.717) is 17.7 Å². The Bertz CT molecular complexity index is 380. The summed E-state index contributed by atoms with van der Waals surface area (Å²) < 4.78 is 18.5. The van der Waals surface area contributed by atoms with E-state index in [-0.39, 0.29) is 5.82 Å². The molecule has 0 radical (unpaired) electrons. The van der Waals surface area contributed by atoms with Crippen LogP contribution in [-0.2, 0) is 0 Å². The summed E-state index contributed by atoms with van der Waals surface area (Å²) in [7, 11) is 1.49. The quantitative estimate of drug-likeness (QED) is 0.869. The second-order valence-corrected chi connectivity index (χ2v) is 4.66. The van der Waals surface area contributed by atoms with E-state index >= 15 is 0 Å². The third-order valence-electron chi connectivity index (χ3n) is 3.57. The van der Waals surface area contributed by atoms with E-state index in [4.69, 9.17) is 4.74 Å². The molecule has 1 aromatic rings. The Hall–Kier alpha value is -1.09. The number of hydrogen-bond acceptors (Lipinski definition) is 2. The van der Waals surface area contributed by atoms with Crippen molar-refractivity contribution in [2.75, 3.05) is 13.7 Å². The lowest BCUT2D eigenvalue weighted by Crippen LogP contribution is -2.25. The lowest BCUT2D eigenvalue weighted by atomic mass is 9.97. The van der Waals surface area contributed by atoms with Crippen LogP contribution in [0.2, 0.25) is 0 Å². The van der Waals surface area contributed by atoms with Crippen molar-refractivity contribution in [2.24, 2.45) is 0 Å². The summed E-state index contributed by atoms with van der Waals surface area (Å²) in [5.41, 5.74) is 1.10. The molecule has 1 fully saturated rings. The minimum Gasteiger partial charge on any atom is -0.494 e. The predicted molar refractivity (Wildman–Crippen MR) is 67.0 cm³/mol. The van der Waals surface area contributed by atoms with Crippen molar-refractivity contribution in [1.29, 1.82) is 0 Å². The Morgan fingerprint density at radius 2 is 2.24 bits per heavy atom. The minimum atomic E-state index is -0.253. The van der Waals surface area contributed by atoms with Crippen LogP contribution in [0.15, 0.2) is 18.2 Å². The van der Waals surface area contributed by atoms with Gasteiger partial charge in [-0.3, -0.25) is 0 Å². The first-order valence-corrected chi connectivity index (χ1v) is 6.31. The van der Waals surface area contributed by atoms with Crippen molar-refractivity contribution in [2.45, 2.75) is 38.1 Å². The Kier molecular flexibility index (Phi) is 4.00. The smallest absolute Gasteiger partial charge is 0.165 e. The number of rotatable bonds is 4. The summed E-state index contributed by atoms with van der Waals surface area (Å²) >= 11 is 0. The van der Waals surface area contributed by atoms with Crippen molar-refractivity contribution < 1.29 is 9.13 Å². The summed E-state index contributed by atoms with van der Waals surface area (Å²) in [5.74, 6) is 0.561. The number of halogens is 1. The number of methoxy groups -OCH3 is 1. The lowest BCUT2D eigenvalue weighted by Gasteiger charge is -2.13. The second kappa shape index (κ2) is 5.50. The van der Waals surface area contributed by atoms with Gasteiger partial charge in [0.15, 0.2) is 11.6 Å². The maximum atomic E-state index is 13.6. The summed E-state index contributed by atoms with van der Waals surface area (Å²) in [6, 6.07) is 5.93. The van der Waals surface area contributed by atoms with Gasteiger partial charge < -0.3 is 10.1 Å². The first kappa shape index (κ1) is 12.4. The lowest BCUT2D eigenvalue weighted by molar-refractivity contribution is 0.386. The van der Waals surface area contributed by atoms with Crippen LogP contribution in [-0.4, -0.2) is 19.7 Å². The van der Waals surface area contributed by atoms with E-state index in [9.17, 15) is 4.39 Å². The van der Waals surface area contributed by atoms with Crippen molar-refractivity contribution >= 4 is 0 Å². The van der Waals surface area contributed by atoms with E-state index in [1.165, 1.54) is 13.5 Å². The molecule has 1 saturated carbocycles. The van der Waals surface area contributed by atoms with Gasteiger partial charge in [-0.2, -0.15) is 0 Å². The average molecular weight is 237 g/mol. The summed E-state index contributed by atoms with van der Waals surface area (Å²) in [6.45, 7) is 3.13. The highest BCUT2D eigenvalue weighted by molar-refractivity contribution is 5.31. The maximum absolute atomic E-state index is 13.6. The van der Waals surface area contributed by atoms with Crippen LogP contribution in [0.25, 0.3) is 0 Å². The Balaban J connectivity index is 2.06. The van der Waals surface area contributed by atoms with Crippen LogP contribution in [0.1, 0.15) is 37.7 Å². The zero-order valence-electron chi connectivity index (χ0n) is 10.5. The first-order chi connectivity index (χ1) is 8.24. The molecule has 0 aromatic heterocycles. The SMILES string of the molecule is CCNC1CCC(c2ccc(OC)c(F)c2)C1. The Labute approximate surface area is 102 Å². The molecule has 0 saturated heterocycles. The fourth-order valence-electron chi connectivity index (χ4n) is 2.69. The molecule has 2 rings (SSSR count). The van der Waals surface area contributed by atoms with Crippen LogP contribution < -0.4 is 10.1 Å². The van der Waals surface area contributed by atoms with Crippen LogP contribution in [0.4, 0.5) is 4.39 Å². The van der Waals surface area contributed by atoms with Gasteiger partial charge in [-0.25, -0.2) is 4.39 Å². The van der Waals surface area contributed by atoms with Crippen molar-refractivity contribution in [3.05, 3.63) is 29.6 Å². The van der Waals surface area contributed by atoms with Gasteiger partial charge >= 0.3 is 0 Å². The van der Waals surface area contributed by atoms with E-state index in [2.05, 4.69) is 12.2 Å². The Morgan fingerprint density at radius 1 is 1.41 bits per heavy atom. The van der Waals surface area contributed by atoms with Gasteiger partial charge in [0.05, 0.1) is 7.11 Å². The molecule has 1 aromatic carbocycles. The minimum absolute atomic E-state index is 0.253. The van der Waals surface area contributed by atoms with Gasteiger partial charge in [-0.05, 0) is 49.4 Å². The van der Waals surface area contributed by atoms with Crippen molar-refractivity contribution in [3.8, 4) is 5.75 Å². The van der Waals surface area contributed by atoms with Gasteiger partial charge in [0.2, 0.25) is 0 Å². The highest BCUT2D eigenvalue weighted by Gasteiger charge is 2.25. The molecule has 0 amide bonds. The zero-order valence-corrected chi connectivity index (χ0v) is 10.5. The number of nitrogens with one attached hydrogen (secondary N) is 1. The van der Waals surface area contributed by atoms with Crippen molar-refractivity contribution in [3.63, 3.8) is 0 Å². The standard InChI is InChI=1S/C14H20FNO/c1-3-16-12-6-4-10(8-12)11-5-7-14(17-2)13(15)9-11/h5,7,9-10,12,16H,3-4,6,8H2,1-2H3.